The van der Waals surface area contributed by atoms with Crippen LogP contribution in [-0.2, 0) is 9.53 Å². The van der Waals surface area contributed by atoms with Crippen LogP contribution in [0.15, 0.2) is 0 Å². The van der Waals surface area contributed by atoms with E-state index in [9.17, 15) is 4.79 Å². The molecule has 1 aliphatic rings. The van der Waals surface area contributed by atoms with Crippen LogP contribution < -0.4 is 5.32 Å². The highest BCUT2D eigenvalue weighted by atomic mass is 16.5. The van der Waals surface area contributed by atoms with E-state index in [1.54, 1.807) is 0 Å². The predicted molar refractivity (Wildman–Crippen MR) is 74.5 cm³/mol. The lowest BCUT2D eigenvalue weighted by molar-refractivity contribution is -0.143. The van der Waals surface area contributed by atoms with Gasteiger partial charge in [0.05, 0.1) is 6.61 Å². The standard InChI is InChI=1S/C15H29NO2/c1-6-18-13(17)9-7-8-12-10-14(2,3)16-15(4,5)11-12/h12,16H,6-11H2,1-5H3. The molecular weight excluding hydrogens is 226 g/mol. The molecule has 0 aromatic carbocycles. The molecule has 1 rings (SSSR count). The van der Waals surface area contributed by atoms with E-state index in [4.69, 9.17) is 4.74 Å². The molecule has 0 atom stereocenters. The van der Waals surface area contributed by atoms with Crippen molar-refractivity contribution in [3.63, 3.8) is 0 Å². The van der Waals surface area contributed by atoms with Gasteiger partial charge in [0.15, 0.2) is 0 Å². The third-order valence-corrected chi connectivity index (χ3v) is 3.57. The van der Waals surface area contributed by atoms with Gasteiger partial charge in [0, 0.05) is 17.5 Å². The molecule has 1 N–H and O–H groups in total. The van der Waals surface area contributed by atoms with Gasteiger partial charge in [-0.3, -0.25) is 4.79 Å². The van der Waals surface area contributed by atoms with Crippen molar-refractivity contribution in [3.8, 4) is 0 Å². The molecule has 106 valence electrons. The molecule has 1 heterocycles. The van der Waals surface area contributed by atoms with Gasteiger partial charge in [-0.05, 0) is 66.2 Å². The van der Waals surface area contributed by atoms with E-state index >= 15 is 0 Å². The quantitative estimate of drug-likeness (QED) is 0.766. The number of piperidine rings is 1. The Balaban J connectivity index is 2.36. The minimum atomic E-state index is -0.0510. The molecule has 0 saturated carbocycles. The van der Waals surface area contributed by atoms with Crippen molar-refractivity contribution in [1.82, 2.24) is 5.32 Å². The summed E-state index contributed by atoms with van der Waals surface area (Å²) in [7, 11) is 0. The Kier molecular flexibility index (Phi) is 5.20. The van der Waals surface area contributed by atoms with Gasteiger partial charge in [0.1, 0.15) is 0 Å². The van der Waals surface area contributed by atoms with Crippen LogP contribution in [-0.4, -0.2) is 23.7 Å². The fourth-order valence-corrected chi connectivity index (χ4v) is 3.51. The van der Waals surface area contributed by atoms with Gasteiger partial charge in [-0.15, -0.1) is 0 Å². The molecule has 0 amide bonds. The SMILES string of the molecule is CCOC(=O)CCCC1CC(C)(C)NC(C)(C)C1. The zero-order valence-electron chi connectivity index (χ0n) is 12.6. The minimum absolute atomic E-state index is 0.0510. The van der Waals surface area contributed by atoms with E-state index in [2.05, 4.69) is 33.0 Å². The fraction of sp³-hybridized carbons (Fsp3) is 0.933. The van der Waals surface area contributed by atoms with Crippen molar-refractivity contribution in [2.45, 2.75) is 77.8 Å². The lowest BCUT2D eigenvalue weighted by Gasteiger charge is -2.46. The Bertz CT molecular complexity index is 268. The van der Waals surface area contributed by atoms with E-state index in [1.165, 1.54) is 12.8 Å². The summed E-state index contributed by atoms with van der Waals surface area (Å²) in [6.07, 6.45) is 5.04. The highest BCUT2D eigenvalue weighted by Crippen LogP contribution is 2.35. The molecule has 0 aromatic heterocycles. The van der Waals surface area contributed by atoms with Crippen molar-refractivity contribution in [2.24, 2.45) is 5.92 Å². The lowest BCUT2D eigenvalue weighted by Crippen LogP contribution is -2.57. The zero-order chi connectivity index (χ0) is 13.8. The van der Waals surface area contributed by atoms with Crippen molar-refractivity contribution < 1.29 is 9.53 Å². The average molecular weight is 255 g/mol. The van der Waals surface area contributed by atoms with Crippen LogP contribution in [0.5, 0.6) is 0 Å². The third-order valence-electron chi connectivity index (χ3n) is 3.57. The van der Waals surface area contributed by atoms with Crippen LogP contribution in [0, 0.1) is 5.92 Å². The molecule has 1 fully saturated rings. The van der Waals surface area contributed by atoms with Crippen LogP contribution in [0.3, 0.4) is 0 Å². The summed E-state index contributed by atoms with van der Waals surface area (Å²) >= 11 is 0. The van der Waals surface area contributed by atoms with Gasteiger partial charge in [-0.2, -0.15) is 0 Å². The first kappa shape index (κ1) is 15.5. The minimum Gasteiger partial charge on any atom is -0.466 e. The van der Waals surface area contributed by atoms with Crippen LogP contribution >= 0.6 is 0 Å². The Hall–Kier alpha value is -0.570. The van der Waals surface area contributed by atoms with E-state index < -0.39 is 0 Å². The molecule has 0 bridgehead atoms. The van der Waals surface area contributed by atoms with E-state index in [0.717, 1.165) is 12.8 Å². The van der Waals surface area contributed by atoms with Gasteiger partial charge in [0.25, 0.3) is 0 Å². The number of carbonyl (C=O) groups is 1. The number of esters is 1. The van der Waals surface area contributed by atoms with Crippen LogP contribution in [0.4, 0.5) is 0 Å². The number of hydrogen-bond acceptors (Lipinski definition) is 3. The van der Waals surface area contributed by atoms with Gasteiger partial charge >= 0.3 is 5.97 Å². The summed E-state index contributed by atoms with van der Waals surface area (Å²) in [6, 6.07) is 0. The summed E-state index contributed by atoms with van der Waals surface area (Å²) < 4.78 is 4.96. The van der Waals surface area contributed by atoms with Crippen LogP contribution in [0.2, 0.25) is 0 Å². The Morgan fingerprint density at radius 2 is 1.78 bits per heavy atom. The molecular formula is C15H29NO2. The van der Waals surface area contributed by atoms with E-state index in [-0.39, 0.29) is 17.0 Å². The van der Waals surface area contributed by atoms with Crippen molar-refractivity contribution in [2.75, 3.05) is 6.61 Å². The summed E-state index contributed by atoms with van der Waals surface area (Å²) in [5.41, 5.74) is 0.409. The summed E-state index contributed by atoms with van der Waals surface area (Å²) in [6.45, 7) is 11.4. The Labute approximate surface area is 112 Å². The van der Waals surface area contributed by atoms with Crippen LogP contribution in [0.1, 0.15) is 66.7 Å². The first-order chi connectivity index (χ1) is 8.24. The first-order valence-electron chi connectivity index (χ1n) is 7.19. The second-order valence-corrected chi connectivity index (χ2v) is 6.86. The molecule has 18 heavy (non-hydrogen) atoms. The van der Waals surface area contributed by atoms with Gasteiger partial charge in [-0.1, -0.05) is 0 Å². The molecule has 1 aliphatic heterocycles. The predicted octanol–water partition coefficient (Wildman–Crippen LogP) is 3.28. The highest BCUT2D eigenvalue weighted by Gasteiger charge is 2.37. The smallest absolute Gasteiger partial charge is 0.305 e. The number of rotatable bonds is 5. The third kappa shape index (κ3) is 5.38. The maximum absolute atomic E-state index is 11.3. The molecule has 0 spiro atoms. The van der Waals surface area contributed by atoms with Gasteiger partial charge in [-0.25, -0.2) is 0 Å². The first-order valence-corrected chi connectivity index (χ1v) is 7.19. The zero-order valence-corrected chi connectivity index (χ0v) is 12.6. The second-order valence-electron chi connectivity index (χ2n) is 6.86. The molecule has 0 aromatic rings. The van der Waals surface area contributed by atoms with Crippen molar-refractivity contribution in [1.29, 1.82) is 0 Å². The highest BCUT2D eigenvalue weighted by molar-refractivity contribution is 5.69. The topological polar surface area (TPSA) is 38.3 Å². The number of hydrogen-bond donors (Lipinski definition) is 1. The normalized spacial score (nSPS) is 22.7. The van der Waals surface area contributed by atoms with E-state index in [0.29, 0.717) is 18.9 Å². The van der Waals surface area contributed by atoms with E-state index in [1.807, 2.05) is 6.92 Å². The molecule has 0 radical (unpaired) electrons. The summed E-state index contributed by atoms with van der Waals surface area (Å²) in [5, 5.41) is 3.69. The molecule has 3 heteroatoms. The number of carbonyl (C=O) groups excluding carboxylic acids is 1. The van der Waals surface area contributed by atoms with Crippen molar-refractivity contribution in [3.05, 3.63) is 0 Å². The van der Waals surface area contributed by atoms with Gasteiger partial charge < -0.3 is 10.1 Å². The second kappa shape index (κ2) is 6.05. The van der Waals surface area contributed by atoms with Gasteiger partial charge in [0.2, 0.25) is 0 Å². The number of nitrogens with one attached hydrogen (secondary N) is 1. The maximum atomic E-state index is 11.3. The Morgan fingerprint density at radius 1 is 1.22 bits per heavy atom. The van der Waals surface area contributed by atoms with Crippen molar-refractivity contribution >= 4 is 5.97 Å². The fourth-order valence-electron chi connectivity index (χ4n) is 3.51. The van der Waals surface area contributed by atoms with Crippen LogP contribution in [0.25, 0.3) is 0 Å². The molecule has 0 unspecified atom stereocenters. The number of ether oxygens (including phenoxy) is 1. The monoisotopic (exact) mass is 255 g/mol. The average Bonchev–Trinajstić information content (AvgIpc) is 2.12. The summed E-state index contributed by atoms with van der Waals surface area (Å²) in [4.78, 5) is 11.3. The maximum Gasteiger partial charge on any atom is 0.305 e. The molecule has 3 nitrogen and oxygen atoms in total. The summed E-state index contributed by atoms with van der Waals surface area (Å²) in [5.74, 6) is 0.663. The molecule has 1 saturated heterocycles. The largest absolute Gasteiger partial charge is 0.466 e. The molecule has 0 aliphatic carbocycles. The lowest BCUT2D eigenvalue weighted by atomic mass is 9.74. The Morgan fingerprint density at radius 3 is 2.28 bits per heavy atom.